The Balaban J connectivity index is 1.96. The molecule has 0 aliphatic carbocycles. The second-order valence-corrected chi connectivity index (χ2v) is 4.95. The molecule has 0 radical (unpaired) electrons. The van der Waals surface area contributed by atoms with Crippen molar-refractivity contribution in [1.82, 2.24) is 19.5 Å². The number of nitrogens with zero attached hydrogens (tertiary/aromatic N) is 5. The van der Waals surface area contributed by atoms with Gasteiger partial charge < -0.3 is 4.57 Å². The van der Waals surface area contributed by atoms with Crippen molar-refractivity contribution in [2.24, 2.45) is 0 Å². The van der Waals surface area contributed by atoms with Crippen LogP contribution in [-0.4, -0.2) is 24.4 Å². The topological polar surface area (TPSA) is 86.7 Å². The summed E-state index contributed by atoms with van der Waals surface area (Å²) in [6, 6.07) is 6.25. The number of nitro groups is 1. The highest BCUT2D eigenvalue weighted by Gasteiger charge is 2.12. The van der Waals surface area contributed by atoms with E-state index in [2.05, 4.69) is 15.0 Å². The Morgan fingerprint density at radius 3 is 2.57 bits per heavy atom. The SMILES string of the molecule is O=[N+]([O-])c1ccc(Cn2cnc3nc(Cl)nc(Cl)c32)cc1. The van der Waals surface area contributed by atoms with Crippen molar-refractivity contribution in [1.29, 1.82) is 0 Å². The van der Waals surface area contributed by atoms with Crippen LogP contribution in [-0.2, 0) is 6.54 Å². The van der Waals surface area contributed by atoms with Crippen LogP contribution in [0, 0.1) is 10.1 Å². The van der Waals surface area contributed by atoms with E-state index in [4.69, 9.17) is 23.2 Å². The molecule has 3 aromatic rings. The van der Waals surface area contributed by atoms with Gasteiger partial charge in [-0.25, -0.2) is 9.97 Å². The van der Waals surface area contributed by atoms with Gasteiger partial charge in [0.2, 0.25) is 5.28 Å². The highest BCUT2D eigenvalue weighted by molar-refractivity contribution is 6.35. The third-order valence-corrected chi connectivity index (χ3v) is 3.34. The normalized spacial score (nSPS) is 11.0. The number of benzene rings is 1. The fraction of sp³-hybridized carbons (Fsp3) is 0.0833. The first-order valence-corrected chi connectivity index (χ1v) is 6.57. The molecule has 7 nitrogen and oxygen atoms in total. The van der Waals surface area contributed by atoms with Crippen LogP contribution in [0.2, 0.25) is 10.4 Å². The molecule has 0 atom stereocenters. The minimum absolute atomic E-state index is 0.0353. The zero-order valence-corrected chi connectivity index (χ0v) is 11.9. The van der Waals surface area contributed by atoms with Gasteiger partial charge in [-0.2, -0.15) is 4.98 Å². The van der Waals surface area contributed by atoms with Gasteiger partial charge in [-0.3, -0.25) is 10.1 Å². The van der Waals surface area contributed by atoms with E-state index in [0.29, 0.717) is 17.7 Å². The summed E-state index contributed by atoms with van der Waals surface area (Å²) >= 11 is 11.8. The van der Waals surface area contributed by atoms with Crippen LogP contribution in [0.15, 0.2) is 30.6 Å². The zero-order chi connectivity index (χ0) is 15.0. The summed E-state index contributed by atoms with van der Waals surface area (Å²) in [6.45, 7) is 0.444. The maximum absolute atomic E-state index is 10.6. The Hall–Kier alpha value is -2.25. The van der Waals surface area contributed by atoms with E-state index in [0.717, 1.165) is 5.56 Å². The summed E-state index contributed by atoms with van der Waals surface area (Å²) in [6.07, 6.45) is 1.57. The second kappa shape index (κ2) is 5.27. The van der Waals surface area contributed by atoms with Gasteiger partial charge in [0.15, 0.2) is 10.8 Å². The van der Waals surface area contributed by atoms with Crippen molar-refractivity contribution in [2.75, 3.05) is 0 Å². The van der Waals surface area contributed by atoms with Crippen LogP contribution < -0.4 is 0 Å². The van der Waals surface area contributed by atoms with E-state index in [1.165, 1.54) is 12.1 Å². The average Bonchev–Trinajstić information content (AvgIpc) is 2.82. The minimum Gasteiger partial charge on any atom is -0.322 e. The molecule has 0 spiro atoms. The van der Waals surface area contributed by atoms with Crippen molar-refractivity contribution < 1.29 is 4.92 Å². The molecule has 2 aromatic heterocycles. The third-order valence-electron chi connectivity index (χ3n) is 2.90. The van der Waals surface area contributed by atoms with E-state index >= 15 is 0 Å². The first kappa shape index (κ1) is 13.7. The van der Waals surface area contributed by atoms with Gasteiger partial charge >= 0.3 is 0 Å². The van der Waals surface area contributed by atoms with Crippen molar-refractivity contribution in [3.05, 3.63) is 56.7 Å². The molecule has 21 heavy (non-hydrogen) atoms. The van der Waals surface area contributed by atoms with Gasteiger partial charge in [0.25, 0.3) is 5.69 Å². The van der Waals surface area contributed by atoms with Crippen LogP contribution in [0.25, 0.3) is 11.2 Å². The zero-order valence-electron chi connectivity index (χ0n) is 10.4. The molecule has 0 unspecified atom stereocenters. The Morgan fingerprint density at radius 2 is 1.90 bits per heavy atom. The number of rotatable bonds is 3. The number of hydrogen-bond acceptors (Lipinski definition) is 5. The van der Waals surface area contributed by atoms with Crippen molar-refractivity contribution in [3.63, 3.8) is 0 Å². The van der Waals surface area contributed by atoms with Gasteiger partial charge in [0.1, 0.15) is 5.52 Å². The summed E-state index contributed by atoms with van der Waals surface area (Å²) in [5.74, 6) is 0. The molecule has 0 amide bonds. The largest absolute Gasteiger partial charge is 0.322 e. The molecule has 0 bridgehead atoms. The Kier molecular flexibility index (Phi) is 3.44. The van der Waals surface area contributed by atoms with Crippen molar-refractivity contribution >= 4 is 40.1 Å². The third kappa shape index (κ3) is 2.65. The van der Waals surface area contributed by atoms with Crippen LogP contribution in [0.4, 0.5) is 5.69 Å². The van der Waals surface area contributed by atoms with Crippen LogP contribution in [0.5, 0.6) is 0 Å². The lowest BCUT2D eigenvalue weighted by molar-refractivity contribution is -0.384. The number of nitro benzene ring substituents is 1. The standard InChI is InChI=1S/C12H7Cl2N5O2/c13-10-9-11(17-12(14)16-10)15-6-18(9)5-7-1-3-8(4-2-7)19(20)21/h1-4,6H,5H2. The van der Waals surface area contributed by atoms with E-state index in [1.807, 2.05) is 0 Å². The molecule has 0 aliphatic heterocycles. The summed E-state index contributed by atoms with van der Waals surface area (Å²) in [5, 5.41) is 10.9. The van der Waals surface area contributed by atoms with Gasteiger partial charge in [0, 0.05) is 18.7 Å². The Bertz CT molecular complexity index is 832. The monoisotopic (exact) mass is 323 g/mol. The summed E-state index contributed by atoms with van der Waals surface area (Å²) in [4.78, 5) is 22.2. The lowest BCUT2D eigenvalue weighted by Crippen LogP contribution is -2.00. The predicted octanol–water partition coefficient (Wildman–Crippen LogP) is 3.09. The van der Waals surface area contributed by atoms with E-state index in [-0.39, 0.29) is 16.1 Å². The van der Waals surface area contributed by atoms with E-state index in [9.17, 15) is 10.1 Å². The summed E-state index contributed by atoms with van der Waals surface area (Å²) < 4.78 is 1.76. The Morgan fingerprint density at radius 1 is 1.19 bits per heavy atom. The maximum Gasteiger partial charge on any atom is 0.269 e. The van der Waals surface area contributed by atoms with Crippen LogP contribution >= 0.6 is 23.2 Å². The summed E-state index contributed by atoms with van der Waals surface area (Å²) in [5.41, 5.74) is 1.88. The van der Waals surface area contributed by atoms with Crippen LogP contribution in [0.3, 0.4) is 0 Å². The molecule has 1 aromatic carbocycles. The smallest absolute Gasteiger partial charge is 0.269 e. The highest BCUT2D eigenvalue weighted by atomic mass is 35.5. The number of imidazole rings is 1. The van der Waals surface area contributed by atoms with Gasteiger partial charge in [-0.1, -0.05) is 23.7 Å². The first-order valence-electron chi connectivity index (χ1n) is 5.82. The minimum atomic E-state index is -0.441. The second-order valence-electron chi connectivity index (χ2n) is 4.25. The van der Waals surface area contributed by atoms with Gasteiger partial charge in [0.05, 0.1) is 11.3 Å². The van der Waals surface area contributed by atoms with Crippen molar-refractivity contribution in [3.8, 4) is 0 Å². The molecule has 0 N–H and O–H groups in total. The molecule has 9 heteroatoms. The molecular formula is C12H7Cl2N5O2. The lowest BCUT2D eigenvalue weighted by atomic mass is 10.2. The molecule has 0 saturated carbocycles. The molecule has 2 heterocycles. The van der Waals surface area contributed by atoms with Crippen LogP contribution in [0.1, 0.15) is 5.56 Å². The van der Waals surface area contributed by atoms with E-state index < -0.39 is 4.92 Å². The number of non-ortho nitro benzene ring substituents is 1. The number of fused-ring (bicyclic) bond motifs is 1. The van der Waals surface area contributed by atoms with Gasteiger partial charge in [-0.15, -0.1) is 0 Å². The molecule has 0 fully saturated rings. The number of aromatic nitrogens is 4. The lowest BCUT2D eigenvalue weighted by Gasteiger charge is -2.05. The molecule has 3 rings (SSSR count). The number of hydrogen-bond donors (Lipinski definition) is 0. The first-order chi connectivity index (χ1) is 10.0. The van der Waals surface area contributed by atoms with Crippen molar-refractivity contribution in [2.45, 2.75) is 6.54 Å². The summed E-state index contributed by atoms with van der Waals surface area (Å²) in [7, 11) is 0. The molecule has 106 valence electrons. The quantitative estimate of drug-likeness (QED) is 0.320. The number of halogens is 2. The predicted molar refractivity (Wildman–Crippen MR) is 77.5 cm³/mol. The molecule has 0 aliphatic rings. The fourth-order valence-corrected chi connectivity index (χ4v) is 2.43. The maximum atomic E-state index is 10.6. The molecule has 0 saturated heterocycles. The fourth-order valence-electron chi connectivity index (χ4n) is 1.95. The Labute approximate surface area is 128 Å². The van der Waals surface area contributed by atoms with Gasteiger partial charge in [-0.05, 0) is 17.2 Å². The van der Waals surface area contributed by atoms with E-state index in [1.54, 1.807) is 23.0 Å². The highest BCUT2D eigenvalue weighted by Crippen LogP contribution is 2.22. The average molecular weight is 324 g/mol. The molecular weight excluding hydrogens is 317 g/mol.